The van der Waals surface area contributed by atoms with Crippen LogP contribution in [-0.2, 0) is 0 Å². The number of hydrogen-bond donors (Lipinski definition) is 0. The van der Waals surface area contributed by atoms with Gasteiger partial charge in [-0.25, -0.2) is 24.3 Å². The Morgan fingerprint density at radius 1 is 1.04 bits per heavy atom. The molecule has 1 radical (unpaired) electrons. The van der Waals surface area contributed by atoms with Crippen molar-refractivity contribution in [3.8, 4) is 16.9 Å². The highest BCUT2D eigenvalue weighted by atomic mass is 19.1. The predicted molar refractivity (Wildman–Crippen MR) is 103 cm³/mol. The van der Waals surface area contributed by atoms with Crippen LogP contribution >= 0.6 is 0 Å². The minimum Gasteiger partial charge on any atom is -0.354 e. The number of benzene rings is 1. The summed E-state index contributed by atoms with van der Waals surface area (Å²) in [5, 5.41) is 4.17. The maximum absolute atomic E-state index is 14.2. The monoisotopic (exact) mass is 377 g/mol. The molecule has 1 aliphatic rings. The number of anilines is 1. The van der Waals surface area contributed by atoms with Crippen molar-refractivity contribution in [2.45, 2.75) is 12.8 Å². The second-order valence-electron chi connectivity index (χ2n) is 6.36. The van der Waals surface area contributed by atoms with Crippen molar-refractivity contribution in [3.63, 3.8) is 0 Å². The smallest absolute Gasteiger partial charge is 0.225 e. The Bertz CT molecular complexity index is 968. The zero-order chi connectivity index (χ0) is 19.3. The molecule has 141 valence electrons. The van der Waals surface area contributed by atoms with Gasteiger partial charge in [-0.05, 0) is 12.5 Å². The fourth-order valence-corrected chi connectivity index (χ4v) is 2.93. The average Bonchev–Trinajstić information content (AvgIpc) is 2.76. The highest BCUT2D eigenvalue weighted by Crippen LogP contribution is 2.25. The summed E-state index contributed by atoms with van der Waals surface area (Å²) in [5.74, 6) is 0.780. The van der Waals surface area contributed by atoms with E-state index in [9.17, 15) is 4.39 Å². The van der Waals surface area contributed by atoms with Crippen molar-refractivity contribution in [1.82, 2.24) is 19.9 Å². The number of hydrogen-bond acceptors (Lipinski definition) is 7. The zero-order valence-electron chi connectivity index (χ0n) is 15.1. The Hall–Kier alpha value is -3.42. The first-order chi connectivity index (χ1) is 13.7. The summed E-state index contributed by atoms with van der Waals surface area (Å²) in [6.07, 6.45) is 9.34. The predicted octanol–water partition coefficient (Wildman–Crippen LogP) is 3.29. The van der Waals surface area contributed by atoms with Gasteiger partial charge in [-0.3, -0.25) is 0 Å². The third-order valence-corrected chi connectivity index (χ3v) is 4.47. The van der Waals surface area contributed by atoms with E-state index in [4.69, 9.17) is 4.84 Å². The molecule has 0 unspecified atom stereocenters. The van der Waals surface area contributed by atoms with E-state index in [-0.39, 0.29) is 5.82 Å². The van der Waals surface area contributed by atoms with E-state index >= 15 is 0 Å². The van der Waals surface area contributed by atoms with Crippen LogP contribution in [0.1, 0.15) is 18.4 Å². The van der Waals surface area contributed by atoms with Crippen LogP contribution in [0.15, 0.2) is 54.5 Å². The molecule has 0 bridgehead atoms. The quantitative estimate of drug-likeness (QED) is 0.650. The molecule has 4 rings (SSSR count). The summed E-state index contributed by atoms with van der Waals surface area (Å²) in [6, 6.07) is 5.10. The molecular formula is C20H18FN6O. The third kappa shape index (κ3) is 3.95. The summed E-state index contributed by atoms with van der Waals surface area (Å²) >= 11 is 0. The molecule has 3 aromatic rings. The maximum atomic E-state index is 14.2. The molecule has 1 fully saturated rings. The molecule has 2 aromatic heterocycles. The first-order valence-electron chi connectivity index (χ1n) is 8.86. The molecule has 1 aliphatic heterocycles. The van der Waals surface area contributed by atoms with Gasteiger partial charge < -0.3 is 9.74 Å². The molecule has 0 aliphatic carbocycles. The second kappa shape index (κ2) is 8.08. The van der Waals surface area contributed by atoms with Gasteiger partial charge in [0.25, 0.3) is 0 Å². The molecule has 0 N–H and O–H groups in total. The molecule has 0 atom stereocenters. The average molecular weight is 377 g/mol. The van der Waals surface area contributed by atoms with Crippen LogP contribution in [0.25, 0.3) is 11.1 Å². The fraction of sp³-hybridized carbons (Fsp3) is 0.200. The number of piperidine rings is 1. The summed E-state index contributed by atoms with van der Waals surface area (Å²) < 4.78 is 14.2. The van der Waals surface area contributed by atoms with Crippen molar-refractivity contribution in [1.29, 1.82) is 0 Å². The van der Waals surface area contributed by atoms with Crippen molar-refractivity contribution < 1.29 is 9.23 Å². The molecule has 7 nitrogen and oxygen atoms in total. The van der Waals surface area contributed by atoms with Crippen LogP contribution in [0.2, 0.25) is 0 Å². The number of rotatable bonds is 4. The van der Waals surface area contributed by atoms with Gasteiger partial charge in [0, 0.05) is 49.5 Å². The molecule has 28 heavy (non-hydrogen) atoms. The Kier molecular flexibility index (Phi) is 5.18. The van der Waals surface area contributed by atoms with Gasteiger partial charge in [0.15, 0.2) is 5.75 Å². The van der Waals surface area contributed by atoms with Crippen molar-refractivity contribution >= 4 is 11.7 Å². The minimum absolute atomic E-state index is 0.346. The number of halogens is 1. The lowest BCUT2D eigenvalue weighted by Gasteiger charge is -2.27. The molecular weight excluding hydrogens is 359 g/mol. The van der Waals surface area contributed by atoms with E-state index in [1.807, 2.05) is 0 Å². The van der Waals surface area contributed by atoms with Crippen LogP contribution in [0.4, 0.5) is 10.3 Å². The first-order valence-corrected chi connectivity index (χ1v) is 8.86. The largest absolute Gasteiger partial charge is 0.354 e. The van der Waals surface area contributed by atoms with E-state index in [0.29, 0.717) is 28.4 Å². The van der Waals surface area contributed by atoms with Gasteiger partial charge in [-0.2, -0.15) is 0 Å². The molecule has 8 heteroatoms. The van der Waals surface area contributed by atoms with E-state index < -0.39 is 0 Å². The lowest BCUT2D eigenvalue weighted by Crippen LogP contribution is -2.35. The lowest BCUT2D eigenvalue weighted by atomic mass is 10.1. The van der Waals surface area contributed by atoms with E-state index in [1.54, 1.807) is 43.0 Å². The summed E-state index contributed by atoms with van der Waals surface area (Å²) in [4.78, 5) is 24.0. The van der Waals surface area contributed by atoms with Crippen LogP contribution in [0.3, 0.4) is 0 Å². The van der Waals surface area contributed by atoms with Crippen LogP contribution in [0.5, 0.6) is 5.75 Å². The fourth-order valence-electron chi connectivity index (χ4n) is 2.93. The van der Waals surface area contributed by atoms with Gasteiger partial charge in [-0.1, -0.05) is 23.4 Å². The van der Waals surface area contributed by atoms with Gasteiger partial charge in [0.05, 0.1) is 18.1 Å². The number of nitrogens with zero attached hydrogens (tertiary/aromatic N) is 6. The Morgan fingerprint density at radius 3 is 2.46 bits per heavy atom. The summed E-state index contributed by atoms with van der Waals surface area (Å²) in [6.45, 7) is 5.15. The Balaban J connectivity index is 1.39. The van der Waals surface area contributed by atoms with E-state index in [1.165, 1.54) is 6.33 Å². The molecule has 1 saturated heterocycles. The summed E-state index contributed by atoms with van der Waals surface area (Å²) in [7, 11) is 0. The van der Waals surface area contributed by atoms with Crippen molar-refractivity contribution in [2.24, 2.45) is 5.16 Å². The SMILES string of the molecule is [CH2]c1cccc(-c2cnc(N3CCC(=NOc4cncnc4)CC3)nc2)c1F. The van der Waals surface area contributed by atoms with Gasteiger partial charge >= 0.3 is 0 Å². The topological polar surface area (TPSA) is 76.4 Å². The Morgan fingerprint density at radius 2 is 1.75 bits per heavy atom. The van der Waals surface area contributed by atoms with Crippen LogP contribution in [-0.4, -0.2) is 38.7 Å². The highest BCUT2D eigenvalue weighted by molar-refractivity contribution is 5.86. The molecule has 0 amide bonds. The van der Waals surface area contributed by atoms with Gasteiger partial charge in [-0.15, -0.1) is 0 Å². The number of oxime groups is 1. The second-order valence-corrected chi connectivity index (χ2v) is 6.36. The molecule has 3 heterocycles. The first kappa shape index (κ1) is 18.0. The number of aromatic nitrogens is 4. The maximum Gasteiger partial charge on any atom is 0.225 e. The summed E-state index contributed by atoms with van der Waals surface area (Å²) in [5.41, 5.74) is 2.40. The van der Waals surface area contributed by atoms with Gasteiger partial charge in [0.2, 0.25) is 5.95 Å². The van der Waals surface area contributed by atoms with Crippen LogP contribution in [0, 0.1) is 12.7 Å². The zero-order valence-corrected chi connectivity index (χ0v) is 15.1. The van der Waals surface area contributed by atoms with Crippen LogP contribution < -0.4 is 9.74 Å². The normalized spacial score (nSPS) is 14.1. The highest BCUT2D eigenvalue weighted by Gasteiger charge is 2.18. The third-order valence-electron chi connectivity index (χ3n) is 4.47. The molecule has 1 aromatic carbocycles. The van der Waals surface area contributed by atoms with Crippen molar-refractivity contribution in [3.05, 3.63) is 67.6 Å². The van der Waals surface area contributed by atoms with E-state index in [0.717, 1.165) is 31.6 Å². The lowest BCUT2D eigenvalue weighted by molar-refractivity contribution is 0.334. The van der Waals surface area contributed by atoms with Crippen molar-refractivity contribution in [2.75, 3.05) is 18.0 Å². The van der Waals surface area contributed by atoms with E-state index in [2.05, 4.69) is 36.9 Å². The standard InChI is InChI=1S/C20H18FN6O/c1-14-3-2-4-18(19(14)21)15-9-24-20(25-10-15)27-7-5-16(6-8-27)26-28-17-11-22-13-23-12-17/h2-4,9-13H,1,5-8H2. The molecule has 0 spiro atoms. The molecule has 0 saturated carbocycles. The Labute approximate surface area is 161 Å². The minimum atomic E-state index is -0.346. The van der Waals surface area contributed by atoms with Gasteiger partial charge in [0.1, 0.15) is 12.1 Å².